The van der Waals surface area contributed by atoms with Crippen molar-refractivity contribution in [3.05, 3.63) is 113 Å². The average molecular weight is 468 g/mol. The number of hydrogen-bond acceptors (Lipinski definition) is 4. The molecule has 0 aliphatic heterocycles. The van der Waals surface area contributed by atoms with Crippen molar-refractivity contribution in [2.75, 3.05) is 20.7 Å². The molecule has 0 N–H and O–H groups in total. The lowest BCUT2D eigenvalue weighted by atomic mass is 9.97. The first-order chi connectivity index (χ1) is 17.0. The number of methoxy groups -OCH3 is 1. The molecule has 0 spiro atoms. The van der Waals surface area contributed by atoms with E-state index in [2.05, 4.69) is 12.1 Å². The molecule has 4 rings (SSSR count). The van der Waals surface area contributed by atoms with Crippen LogP contribution in [0.15, 0.2) is 91.0 Å². The Bertz CT molecular complexity index is 1300. The van der Waals surface area contributed by atoms with Gasteiger partial charge in [0.1, 0.15) is 12.4 Å². The molecule has 0 unspecified atom stereocenters. The van der Waals surface area contributed by atoms with Crippen LogP contribution in [0.1, 0.15) is 27.0 Å². The van der Waals surface area contributed by atoms with Gasteiger partial charge >= 0.3 is 5.97 Å². The topological polar surface area (TPSA) is 55.8 Å². The zero-order valence-corrected chi connectivity index (χ0v) is 20.1. The number of hydrogen-bond donors (Lipinski definition) is 0. The first-order valence-electron chi connectivity index (χ1n) is 11.6. The first-order valence-corrected chi connectivity index (χ1v) is 11.6. The summed E-state index contributed by atoms with van der Waals surface area (Å²) in [5.41, 5.74) is 3.39. The Morgan fingerprint density at radius 1 is 0.800 bits per heavy atom. The molecule has 35 heavy (non-hydrogen) atoms. The predicted octanol–water partition coefficient (Wildman–Crippen LogP) is 5.45. The maximum atomic E-state index is 13.1. The zero-order chi connectivity index (χ0) is 24.6. The maximum Gasteiger partial charge on any atom is 0.337 e. The lowest BCUT2D eigenvalue weighted by Crippen LogP contribution is -2.30. The molecule has 0 aliphatic rings. The second kappa shape index (κ2) is 11.3. The molecule has 4 aromatic carbocycles. The van der Waals surface area contributed by atoms with Crippen molar-refractivity contribution in [3.63, 3.8) is 0 Å². The number of likely N-dealkylation sites (N-methyl/N-ethyl adjacent to an activating group) is 1. The molecule has 5 nitrogen and oxygen atoms in total. The SMILES string of the molecule is COC(=O)c1cc(CC(=O)N(C)CCc2ccccc2)c2cccc(OCc3ccccc3)c2c1. The van der Waals surface area contributed by atoms with Gasteiger partial charge in [-0.2, -0.15) is 0 Å². The minimum Gasteiger partial charge on any atom is -0.488 e. The fourth-order valence-electron chi connectivity index (χ4n) is 4.04. The number of carbonyl (C=O) groups is 2. The van der Waals surface area contributed by atoms with E-state index in [4.69, 9.17) is 9.47 Å². The average Bonchev–Trinajstić information content (AvgIpc) is 2.91. The van der Waals surface area contributed by atoms with Gasteiger partial charge in [0.15, 0.2) is 0 Å². The van der Waals surface area contributed by atoms with E-state index in [0.29, 0.717) is 24.5 Å². The van der Waals surface area contributed by atoms with Crippen LogP contribution in [0.3, 0.4) is 0 Å². The standard InChI is InChI=1S/C30H29NO4/c1-31(17-16-22-10-5-3-6-11-22)29(32)20-24-18-25(30(33)34-2)19-27-26(24)14-9-15-28(27)35-21-23-12-7-4-8-13-23/h3-15,18-19H,16-17,20-21H2,1-2H3. The highest BCUT2D eigenvalue weighted by Crippen LogP contribution is 2.31. The van der Waals surface area contributed by atoms with Crippen molar-refractivity contribution in [2.24, 2.45) is 0 Å². The highest BCUT2D eigenvalue weighted by atomic mass is 16.5. The van der Waals surface area contributed by atoms with Crippen LogP contribution >= 0.6 is 0 Å². The van der Waals surface area contributed by atoms with Gasteiger partial charge < -0.3 is 14.4 Å². The van der Waals surface area contributed by atoms with Gasteiger partial charge in [0.2, 0.25) is 5.91 Å². The summed E-state index contributed by atoms with van der Waals surface area (Å²) in [5.74, 6) is 0.194. The Morgan fingerprint density at radius 2 is 1.49 bits per heavy atom. The fraction of sp³-hybridized carbons (Fsp3) is 0.200. The number of amides is 1. The van der Waals surface area contributed by atoms with Crippen LogP contribution in [0.2, 0.25) is 0 Å². The van der Waals surface area contributed by atoms with E-state index >= 15 is 0 Å². The van der Waals surface area contributed by atoms with E-state index in [9.17, 15) is 9.59 Å². The van der Waals surface area contributed by atoms with Crippen molar-refractivity contribution >= 4 is 22.6 Å². The number of ether oxygens (including phenoxy) is 2. The molecule has 5 heteroatoms. The van der Waals surface area contributed by atoms with E-state index < -0.39 is 5.97 Å². The monoisotopic (exact) mass is 467 g/mol. The fourth-order valence-corrected chi connectivity index (χ4v) is 4.04. The molecule has 4 aromatic rings. The summed E-state index contributed by atoms with van der Waals surface area (Å²) >= 11 is 0. The largest absolute Gasteiger partial charge is 0.488 e. The Morgan fingerprint density at radius 3 is 2.17 bits per heavy atom. The van der Waals surface area contributed by atoms with E-state index in [1.807, 2.05) is 73.8 Å². The summed E-state index contributed by atoms with van der Waals surface area (Å²) in [6.45, 7) is 1.02. The number of nitrogens with zero attached hydrogens (tertiary/aromatic N) is 1. The lowest BCUT2D eigenvalue weighted by molar-refractivity contribution is -0.129. The molecule has 0 atom stereocenters. The van der Waals surface area contributed by atoms with Crippen molar-refractivity contribution in [1.82, 2.24) is 4.90 Å². The van der Waals surface area contributed by atoms with E-state index in [-0.39, 0.29) is 12.3 Å². The minimum absolute atomic E-state index is 0.0140. The van der Waals surface area contributed by atoms with Crippen molar-refractivity contribution in [1.29, 1.82) is 0 Å². The highest BCUT2D eigenvalue weighted by Gasteiger charge is 2.17. The Balaban J connectivity index is 1.59. The Kier molecular flexibility index (Phi) is 7.78. The highest BCUT2D eigenvalue weighted by molar-refractivity contribution is 6.00. The Labute approximate surface area is 205 Å². The molecule has 1 amide bonds. The second-order valence-electron chi connectivity index (χ2n) is 8.48. The van der Waals surface area contributed by atoms with Crippen LogP contribution in [0.25, 0.3) is 10.8 Å². The smallest absolute Gasteiger partial charge is 0.337 e. The van der Waals surface area contributed by atoms with Crippen LogP contribution in [-0.4, -0.2) is 37.5 Å². The van der Waals surface area contributed by atoms with Gasteiger partial charge in [-0.1, -0.05) is 72.8 Å². The van der Waals surface area contributed by atoms with Gasteiger partial charge in [-0.05, 0) is 46.7 Å². The van der Waals surface area contributed by atoms with Crippen molar-refractivity contribution in [2.45, 2.75) is 19.4 Å². The van der Waals surface area contributed by atoms with Gasteiger partial charge in [-0.3, -0.25) is 4.79 Å². The van der Waals surface area contributed by atoms with Crippen molar-refractivity contribution < 1.29 is 19.1 Å². The minimum atomic E-state index is -0.448. The predicted molar refractivity (Wildman–Crippen MR) is 138 cm³/mol. The second-order valence-corrected chi connectivity index (χ2v) is 8.48. The first kappa shape index (κ1) is 24.0. The number of benzene rings is 4. The van der Waals surface area contributed by atoms with Gasteiger partial charge in [0.25, 0.3) is 0 Å². The van der Waals surface area contributed by atoms with Crippen LogP contribution < -0.4 is 4.74 Å². The number of rotatable bonds is 9. The lowest BCUT2D eigenvalue weighted by Gasteiger charge is -2.19. The van der Waals surface area contributed by atoms with Crippen LogP contribution in [0.5, 0.6) is 5.75 Å². The quantitative estimate of drug-likeness (QED) is 0.307. The zero-order valence-electron chi connectivity index (χ0n) is 20.1. The summed E-state index contributed by atoms with van der Waals surface area (Å²) in [7, 11) is 3.17. The molecular weight excluding hydrogens is 438 g/mol. The van der Waals surface area contributed by atoms with Gasteiger partial charge in [0.05, 0.1) is 19.1 Å². The number of esters is 1. The summed E-state index contributed by atoms with van der Waals surface area (Å²) in [6.07, 6.45) is 0.957. The molecule has 0 aromatic heterocycles. The molecule has 0 saturated heterocycles. The van der Waals surface area contributed by atoms with Gasteiger partial charge in [-0.15, -0.1) is 0 Å². The van der Waals surface area contributed by atoms with Gasteiger partial charge in [-0.25, -0.2) is 4.79 Å². The van der Waals surface area contributed by atoms with Gasteiger partial charge in [0, 0.05) is 19.0 Å². The van der Waals surface area contributed by atoms with E-state index in [0.717, 1.165) is 28.3 Å². The third kappa shape index (κ3) is 6.07. The number of fused-ring (bicyclic) bond motifs is 1. The molecule has 0 heterocycles. The summed E-state index contributed by atoms with van der Waals surface area (Å²) in [6, 6.07) is 29.3. The molecule has 0 saturated carbocycles. The van der Waals surface area contributed by atoms with E-state index in [1.54, 1.807) is 17.0 Å². The van der Waals surface area contributed by atoms with E-state index in [1.165, 1.54) is 12.7 Å². The molecule has 0 fully saturated rings. The molecule has 0 aliphatic carbocycles. The molecule has 178 valence electrons. The third-order valence-corrected chi connectivity index (χ3v) is 6.05. The number of carbonyl (C=O) groups excluding carboxylic acids is 2. The van der Waals surface area contributed by atoms with Crippen LogP contribution in [-0.2, 0) is 29.0 Å². The molecule has 0 bridgehead atoms. The summed E-state index contributed by atoms with van der Waals surface area (Å²) < 4.78 is 11.1. The molecular formula is C30H29NO4. The van der Waals surface area contributed by atoms with Crippen LogP contribution in [0.4, 0.5) is 0 Å². The normalized spacial score (nSPS) is 10.7. The maximum absolute atomic E-state index is 13.1. The molecule has 0 radical (unpaired) electrons. The van der Waals surface area contributed by atoms with Crippen molar-refractivity contribution in [3.8, 4) is 5.75 Å². The third-order valence-electron chi connectivity index (χ3n) is 6.05. The van der Waals surface area contributed by atoms with Crippen LogP contribution in [0, 0.1) is 0 Å². The summed E-state index contributed by atoms with van der Waals surface area (Å²) in [4.78, 5) is 27.3. The Hall–Kier alpha value is -4.12. The summed E-state index contributed by atoms with van der Waals surface area (Å²) in [5, 5.41) is 1.66.